The van der Waals surface area contributed by atoms with Gasteiger partial charge in [0.15, 0.2) is 0 Å². The van der Waals surface area contributed by atoms with E-state index < -0.39 is 15.5 Å². The number of hydrogen-bond donors (Lipinski definition) is 1. The van der Waals surface area contributed by atoms with E-state index in [4.69, 9.17) is 0 Å². The molecule has 0 amide bonds. The summed E-state index contributed by atoms with van der Waals surface area (Å²) >= 11 is 0. The molecule has 9 heteroatoms. The molecule has 2 aromatic heterocycles. The van der Waals surface area contributed by atoms with Crippen molar-refractivity contribution in [1.82, 2.24) is 9.97 Å². The third kappa shape index (κ3) is 2.62. The molecule has 0 bridgehead atoms. The van der Waals surface area contributed by atoms with Crippen LogP contribution in [0.1, 0.15) is 0 Å². The largest absolute Gasteiger partial charge is 0.333 e. The van der Waals surface area contributed by atoms with E-state index >= 15 is 0 Å². The number of nitrogens with one attached hydrogen (secondary N) is 1. The van der Waals surface area contributed by atoms with Crippen molar-refractivity contribution in [2.45, 2.75) is 0 Å². The Morgan fingerprint density at radius 3 is 2.30 bits per heavy atom. The maximum absolute atomic E-state index is 11.3. The van der Waals surface area contributed by atoms with Crippen molar-refractivity contribution in [3.63, 3.8) is 0 Å². The van der Waals surface area contributed by atoms with Crippen molar-refractivity contribution in [2.24, 2.45) is 0 Å². The molecule has 0 fully saturated rings. The van der Waals surface area contributed by atoms with Gasteiger partial charge < -0.3 is 5.32 Å². The van der Waals surface area contributed by atoms with Crippen LogP contribution in [-0.4, -0.2) is 19.8 Å². The van der Waals surface area contributed by atoms with Crippen molar-refractivity contribution in [1.29, 1.82) is 0 Å². The fourth-order valence-electron chi connectivity index (χ4n) is 2.19. The normalized spacial score (nSPS) is 10.4. The number of hydrogen-bond acceptors (Lipinski definition) is 7. The van der Waals surface area contributed by atoms with Crippen molar-refractivity contribution in [3.05, 3.63) is 69.0 Å². The molecule has 0 saturated heterocycles. The van der Waals surface area contributed by atoms with Crippen molar-refractivity contribution < 1.29 is 9.85 Å². The molecule has 3 aromatic rings. The smallest absolute Gasteiger partial charge is 0.301 e. The van der Waals surface area contributed by atoms with Crippen LogP contribution in [0, 0.1) is 20.2 Å². The Morgan fingerprint density at radius 2 is 1.65 bits per heavy atom. The number of aromatic nitrogens is 2. The van der Waals surface area contributed by atoms with Gasteiger partial charge in [0.1, 0.15) is 17.0 Å². The van der Waals surface area contributed by atoms with E-state index in [1.54, 1.807) is 18.2 Å². The first kappa shape index (κ1) is 14.3. The van der Waals surface area contributed by atoms with Crippen molar-refractivity contribution >= 4 is 33.8 Å². The van der Waals surface area contributed by atoms with E-state index in [1.165, 1.54) is 24.5 Å². The van der Waals surface area contributed by atoms with Gasteiger partial charge in [-0.3, -0.25) is 25.2 Å². The lowest BCUT2D eigenvalue weighted by Crippen LogP contribution is -2.02. The van der Waals surface area contributed by atoms with E-state index in [0.717, 1.165) is 6.07 Å². The highest BCUT2D eigenvalue weighted by molar-refractivity contribution is 6.02. The molecule has 0 aliphatic carbocycles. The molecule has 0 saturated carbocycles. The quantitative estimate of drug-likeness (QED) is 0.579. The number of nitro groups is 2. The Morgan fingerprint density at radius 1 is 0.913 bits per heavy atom. The number of non-ortho nitro benzene ring substituents is 1. The summed E-state index contributed by atoms with van der Waals surface area (Å²) in [6.07, 6.45) is 2.94. The standard InChI is InChI=1S/C14H9N5O4/c20-18(21)10-8-11(19(22)23)14(13-9(10)4-3-7-16-13)17-12-5-1-2-6-15-12/h1-8H,(H,15,17). The van der Waals surface area contributed by atoms with Gasteiger partial charge in [-0.15, -0.1) is 0 Å². The zero-order valence-electron chi connectivity index (χ0n) is 11.5. The van der Waals surface area contributed by atoms with Gasteiger partial charge in [0.2, 0.25) is 0 Å². The molecule has 0 radical (unpaired) electrons. The molecular weight excluding hydrogens is 302 g/mol. The number of anilines is 2. The van der Waals surface area contributed by atoms with Crippen molar-refractivity contribution in [3.8, 4) is 0 Å². The second kappa shape index (κ2) is 5.64. The van der Waals surface area contributed by atoms with Crippen LogP contribution in [0.4, 0.5) is 22.9 Å². The fraction of sp³-hybridized carbons (Fsp3) is 0. The van der Waals surface area contributed by atoms with Gasteiger partial charge in [0.25, 0.3) is 5.69 Å². The van der Waals surface area contributed by atoms with Crippen LogP contribution < -0.4 is 5.32 Å². The second-order valence-corrected chi connectivity index (χ2v) is 4.54. The SMILES string of the molecule is O=[N+]([O-])c1cc([N+](=O)[O-])c2cccnc2c1Nc1ccccn1. The predicted molar refractivity (Wildman–Crippen MR) is 82.6 cm³/mol. The Bertz CT molecular complexity index is 914. The second-order valence-electron chi connectivity index (χ2n) is 4.54. The van der Waals surface area contributed by atoms with Gasteiger partial charge in [0.05, 0.1) is 21.3 Å². The highest BCUT2D eigenvalue weighted by Crippen LogP contribution is 2.39. The van der Waals surface area contributed by atoms with Crippen LogP contribution in [0.15, 0.2) is 48.8 Å². The minimum absolute atomic E-state index is 0.0647. The van der Waals surface area contributed by atoms with Crippen molar-refractivity contribution in [2.75, 3.05) is 5.32 Å². The highest BCUT2D eigenvalue weighted by atomic mass is 16.6. The average molecular weight is 311 g/mol. The lowest BCUT2D eigenvalue weighted by molar-refractivity contribution is -0.392. The number of pyridine rings is 2. The van der Waals surface area contributed by atoms with E-state index in [1.807, 2.05) is 0 Å². The molecule has 9 nitrogen and oxygen atoms in total. The molecule has 0 spiro atoms. The maximum atomic E-state index is 11.3. The first-order valence-electron chi connectivity index (χ1n) is 6.46. The molecule has 1 N–H and O–H groups in total. The minimum atomic E-state index is -0.688. The van der Waals surface area contributed by atoms with Gasteiger partial charge >= 0.3 is 5.69 Å². The molecular formula is C14H9N5O4. The third-order valence-electron chi connectivity index (χ3n) is 3.16. The molecule has 23 heavy (non-hydrogen) atoms. The molecule has 2 heterocycles. The third-order valence-corrected chi connectivity index (χ3v) is 3.16. The molecule has 114 valence electrons. The Balaban J connectivity index is 2.30. The number of nitro benzene ring substituents is 2. The zero-order chi connectivity index (χ0) is 16.4. The van der Waals surface area contributed by atoms with Crippen LogP contribution >= 0.6 is 0 Å². The van der Waals surface area contributed by atoms with E-state index in [2.05, 4.69) is 15.3 Å². The fourth-order valence-corrected chi connectivity index (χ4v) is 2.19. The molecule has 1 aromatic carbocycles. The van der Waals surface area contributed by atoms with Crippen LogP contribution in [0.25, 0.3) is 10.9 Å². The number of nitrogens with zero attached hydrogens (tertiary/aromatic N) is 4. The predicted octanol–water partition coefficient (Wildman–Crippen LogP) is 3.19. The summed E-state index contributed by atoms with van der Waals surface area (Å²) in [4.78, 5) is 29.3. The van der Waals surface area contributed by atoms with Gasteiger partial charge in [-0.1, -0.05) is 6.07 Å². The summed E-state index contributed by atoms with van der Waals surface area (Å²) in [6.45, 7) is 0. The molecule has 0 aliphatic rings. The zero-order valence-corrected chi connectivity index (χ0v) is 11.5. The monoisotopic (exact) mass is 311 g/mol. The summed E-state index contributed by atoms with van der Waals surface area (Å²) in [5, 5.41) is 25.5. The van der Waals surface area contributed by atoms with Crippen LogP contribution in [0.2, 0.25) is 0 Å². The minimum Gasteiger partial charge on any atom is -0.333 e. The summed E-state index contributed by atoms with van der Waals surface area (Å²) in [6, 6.07) is 8.99. The lowest BCUT2D eigenvalue weighted by Gasteiger charge is -2.09. The maximum Gasteiger partial charge on any atom is 0.301 e. The Hall–Kier alpha value is -3.62. The van der Waals surface area contributed by atoms with Gasteiger partial charge in [-0.05, 0) is 24.3 Å². The molecule has 0 aliphatic heterocycles. The van der Waals surface area contributed by atoms with Gasteiger partial charge in [0, 0.05) is 12.4 Å². The van der Waals surface area contributed by atoms with Gasteiger partial charge in [-0.2, -0.15) is 0 Å². The van der Waals surface area contributed by atoms with Crippen LogP contribution in [0.3, 0.4) is 0 Å². The molecule has 3 rings (SSSR count). The summed E-state index contributed by atoms with van der Waals surface area (Å²) < 4.78 is 0. The van der Waals surface area contributed by atoms with E-state index in [-0.39, 0.29) is 22.3 Å². The molecule has 0 atom stereocenters. The topological polar surface area (TPSA) is 124 Å². The number of fused-ring (bicyclic) bond motifs is 1. The first-order valence-corrected chi connectivity index (χ1v) is 6.46. The number of benzene rings is 1. The summed E-state index contributed by atoms with van der Waals surface area (Å²) in [5.74, 6) is 0.372. The summed E-state index contributed by atoms with van der Waals surface area (Å²) in [7, 11) is 0. The first-order chi connectivity index (χ1) is 11.1. The molecule has 0 unspecified atom stereocenters. The average Bonchev–Trinajstić information content (AvgIpc) is 2.55. The lowest BCUT2D eigenvalue weighted by atomic mass is 10.1. The Kier molecular flexibility index (Phi) is 3.51. The van der Waals surface area contributed by atoms with Gasteiger partial charge in [-0.25, -0.2) is 4.98 Å². The Labute approximate surface area is 128 Å². The van der Waals surface area contributed by atoms with E-state index in [0.29, 0.717) is 5.82 Å². The van der Waals surface area contributed by atoms with Crippen LogP contribution in [-0.2, 0) is 0 Å². The summed E-state index contributed by atoms with van der Waals surface area (Å²) in [5.41, 5.74) is -0.603. The number of rotatable bonds is 4. The van der Waals surface area contributed by atoms with E-state index in [9.17, 15) is 20.2 Å². The van der Waals surface area contributed by atoms with Crippen LogP contribution in [0.5, 0.6) is 0 Å². The highest BCUT2D eigenvalue weighted by Gasteiger charge is 2.26.